The van der Waals surface area contributed by atoms with Crippen molar-refractivity contribution in [3.05, 3.63) is 112 Å². The van der Waals surface area contributed by atoms with Crippen molar-refractivity contribution >= 4 is 22.0 Å². The number of aromatic amines is 1. The van der Waals surface area contributed by atoms with Gasteiger partial charge in [0.25, 0.3) is 21.0 Å². The number of para-hydroxylation sites is 2. The van der Waals surface area contributed by atoms with Gasteiger partial charge in [-0.2, -0.15) is 18.6 Å². The van der Waals surface area contributed by atoms with Gasteiger partial charge in [-0.25, -0.2) is 14.8 Å². The quantitative estimate of drug-likeness (QED) is 0.0483. The number of ether oxygens (including phenoxy) is 5. The zero-order valence-corrected chi connectivity index (χ0v) is 31.8. The second kappa shape index (κ2) is 18.4. The Kier molecular flexibility index (Phi) is 12.8. The molecule has 0 aliphatic rings. The van der Waals surface area contributed by atoms with E-state index in [0.29, 0.717) is 28.1 Å². The van der Waals surface area contributed by atoms with Gasteiger partial charge in [0.15, 0.2) is 28.2 Å². The fourth-order valence-corrected chi connectivity index (χ4v) is 5.91. The smallest absolute Gasteiger partial charge is 0.493 e. The van der Waals surface area contributed by atoms with E-state index in [4.69, 9.17) is 23.7 Å². The summed E-state index contributed by atoms with van der Waals surface area (Å²) in [6, 6.07) is 19.2. The average molecular weight is 815 g/mol. The molecule has 0 aliphatic carbocycles. The second-order valence-electron chi connectivity index (χ2n) is 12.2. The highest BCUT2D eigenvalue weighted by Gasteiger charge is 2.27. The van der Waals surface area contributed by atoms with E-state index in [1.54, 1.807) is 66.7 Å². The average Bonchev–Trinajstić information content (AvgIpc) is 3.78. The molecule has 6 aromatic rings. The third-order valence-corrected chi connectivity index (χ3v) is 9.15. The summed E-state index contributed by atoms with van der Waals surface area (Å²) in [5, 5.41) is 23.1. The zero-order valence-electron chi connectivity index (χ0n) is 31.0. The Bertz CT molecular complexity index is 2450. The maximum atomic E-state index is 13.9. The third kappa shape index (κ3) is 10.4. The minimum atomic E-state index is -4.40. The van der Waals surface area contributed by atoms with Gasteiger partial charge in [-0.3, -0.25) is 9.71 Å². The Labute approximate surface area is 329 Å². The molecule has 22 heteroatoms. The van der Waals surface area contributed by atoms with Crippen molar-refractivity contribution in [1.29, 1.82) is 0 Å². The summed E-state index contributed by atoms with van der Waals surface area (Å²) in [5.41, 5.74) is 2.61. The predicted octanol–water partition coefficient (Wildman–Crippen LogP) is 5.28. The van der Waals surface area contributed by atoms with Crippen molar-refractivity contribution < 1.29 is 46.8 Å². The Morgan fingerprint density at radius 2 is 1.67 bits per heavy atom. The first-order chi connectivity index (χ1) is 28.0. The number of anilines is 1. The molecule has 0 spiro atoms. The Balaban J connectivity index is 1.29. The van der Waals surface area contributed by atoms with Gasteiger partial charge in [0.2, 0.25) is 11.6 Å². The summed E-state index contributed by atoms with van der Waals surface area (Å²) in [7, 11) is -2.97. The van der Waals surface area contributed by atoms with Gasteiger partial charge in [-0.05, 0) is 58.2 Å². The number of hydrogen-bond acceptors (Lipinski definition) is 18. The number of hydrogen-bond donors (Lipinski definition) is 2. The minimum absolute atomic E-state index is 0.0355. The van der Waals surface area contributed by atoms with Crippen molar-refractivity contribution in [3.63, 3.8) is 0 Å². The first-order valence-corrected chi connectivity index (χ1v) is 18.7. The molecule has 2 aromatic carbocycles. The lowest BCUT2D eigenvalue weighted by molar-refractivity contribution is -0.763. The summed E-state index contributed by atoms with van der Waals surface area (Å²) in [6.45, 7) is 2.88. The topological polar surface area (TPSA) is 268 Å². The van der Waals surface area contributed by atoms with Crippen LogP contribution in [0.5, 0.6) is 23.1 Å². The van der Waals surface area contributed by atoms with E-state index in [0.717, 1.165) is 5.56 Å². The maximum Gasteiger partial charge on any atom is 0.508 e. The molecule has 6 rings (SSSR count). The number of nitrogens with one attached hydrogen (secondary N) is 2. The Hall–Kier alpha value is -7.49. The van der Waals surface area contributed by atoms with Crippen LogP contribution in [-0.2, 0) is 37.5 Å². The largest absolute Gasteiger partial charge is 0.508 e. The van der Waals surface area contributed by atoms with Crippen molar-refractivity contribution in [1.82, 2.24) is 40.6 Å². The van der Waals surface area contributed by atoms with Crippen LogP contribution < -0.4 is 18.9 Å². The van der Waals surface area contributed by atoms with Crippen molar-refractivity contribution in [2.45, 2.75) is 38.0 Å². The van der Waals surface area contributed by atoms with Gasteiger partial charge in [0.05, 0.1) is 7.11 Å². The molecule has 21 nitrogen and oxygen atoms in total. The number of methoxy groups -OCH3 is 1. The highest BCUT2D eigenvalue weighted by Crippen LogP contribution is 2.42. The Morgan fingerprint density at radius 1 is 0.914 bits per heavy atom. The lowest BCUT2D eigenvalue weighted by atomic mass is 10.1. The van der Waals surface area contributed by atoms with Crippen molar-refractivity contribution in [2.75, 3.05) is 25.0 Å². The standard InChI is InChI=1S/C36H34N10O11S/c1-22(2)26-12-13-30(38-19-26)58(50,51)43-34-31(57-29-7-5-4-6-28(29)52-3)35(40-32(39-34)25-14-15-37-27(18-25)33-41-44-45-42-33)53-16-17-54-36(47)55-20-23-8-10-24(11-9-23)21-56-46(48)49/h4-15,18-19,22H,16-17,20-21H2,1-3H3,(H,39,40,43)(H,41,42,44,45). The number of tetrazole rings is 1. The van der Waals surface area contributed by atoms with Crippen LogP contribution >= 0.6 is 0 Å². The molecule has 4 heterocycles. The maximum absolute atomic E-state index is 13.9. The fraction of sp³-hybridized carbons (Fsp3) is 0.222. The van der Waals surface area contributed by atoms with Crippen LogP contribution in [0.2, 0.25) is 0 Å². The van der Waals surface area contributed by atoms with Gasteiger partial charge in [0.1, 0.15) is 32.1 Å². The molecular formula is C36H34N10O11S. The molecule has 0 unspecified atom stereocenters. The number of nitrogens with zero attached hydrogens (tertiary/aromatic N) is 8. The molecule has 0 amide bonds. The van der Waals surface area contributed by atoms with Crippen LogP contribution in [-0.4, -0.2) is 80.5 Å². The lowest BCUT2D eigenvalue weighted by Crippen LogP contribution is -2.18. The number of rotatable bonds is 18. The molecule has 0 fully saturated rings. The molecule has 0 aliphatic heterocycles. The molecule has 58 heavy (non-hydrogen) atoms. The summed E-state index contributed by atoms with van der Waals surface area (Å²) < 4.78 is 58.3. The summed E-state index contributed by atoms with van der Waals surface area (Å²) in [5.74, 6) is -0.161. The minimum Gasteiger partial charge on any atom is -0.493 e. The number of aromatic nitrogens is 8. The predicted molar refractivity (Wildman–Crippen MR) is 200 cm³/mol. The first-order valence-electron chi connectivity index (χ1n) is 17.2. The van der Waals surface area contributed by atoms with Gasteiger partial charge in [-0.1, -0.05) is 56.3 Å². The van der Waals surface area contributed by atoms with E-state index >= 15 is 0 Å². The van der Waals surface area contributed by atoms with Crippen LogP contribution in [0.1, 0.15) is 36.5 Å². The van der Waals surface area contributed by atoms with Gasteiger partial charge < -0.3 is 28.5 Å². The molecule has 0 saturated carbocycles. The van der Waals surface area contributed by atoms with Crippen molar-refractivity contribution in [3.8, 4) is 46.0 Å². The Morgan fingerprint density at radius 3 is 2.34 bits per heavy atom. The van der Waals surface area contributed by atoms with Gasteiger partial charge in [0, 0.05) is 18.0 Å². The number of H-pyrrole nitrogens is 1. The molecule has 0 radical (unpaired) electrons. The van der Waals surface area contributed by atoms with E-state index in [-0.39, 0.29) is 72.2 Å². The highest BCUT2D eigenvalue weighted by atomic mass is 32.2. The summed E-state index contributed by atoms with van der Waals surface area (Å²) in [4.78, 5) is 44.8. The molecule has 0 saturated heterocycles. The molecular weight excluding hydrogens is 781 g/mol. The SMILES string of the molecule is COc1ccccc1Oc1c(NS(=O)(=O)c2ccc(C(C)C)cn2)nc(-c2ccnc(-c3nn[nH]n3)c2)nc1OCCOC(=O)OCc1ccc(CO[N+](=O)[O-])cc1. The number of sulfonamides is 1. The molecule has 0 atom stereocenters. The summed E-state index contributed by atoms with van der Waals surface area (Å²) >= 11 is 0. The molecule has 4 aromatic heterocycles. The van der Waals surface area contributed by atoms with Crippen LogP contribution in [0.15, 0.2) is 90.2 Å². The van der Waals surface area contributed by atoms with Crippen LogP contribution in [0.4, 0.5) is 10.6 Å². The van der Waals surface area contributed by atoms with Gasteiger partial charge in [-0.15, -0.1) is 20.3 Å². The van der Waals surface area contributed by atoms with Crippen LogP contribution in [0.3, 0.4) is 0 Å². The zero-order chi connectivity index (χ0) is 41.1. The van der Waals surface area contributed by atoms with E-state index in [1.165, 1.54) is 25.6 Å². The fourth-order valence-electron chi connectivity index (χ4n) is 4.97. The van der Waals surface area contributed by atoms with E-state index in [1.807, 2.05) is 13.8 Å². The van der Waals surface area contributed by atoms with Crippen molar-refractivity contribution in [2.24, 2.45) is 0 Å². The lowest BCUT2D eigenvalue weighted by Gasteiger charge is -2.18. The van der Waals surface area contributed by atoms with E-state index < -0.39 is 21.3 Å². The summed E-state index contributed by atoms with van der Waals surface area (Å²) in [6.07, 6.45) is 1.90. The highest BCUT2D eigenvalue weighted by molar-refractivity contribution is 7.92. The third-order valence-electron chi connectivity index (χ3n) is 7.90. The molecule has 300 valence electrons. The number of carbonyl (C=O) groups excluding carboxylic acids is 1. The van der Waals surface area contributed by atoms with Crippen LogP contribution in [0, 0.1) is 10.1 Å². The molecule has 2 N–H and O–H groups in total. The van der Waals surface area contributed by atoms with E-state index in [9.17, 15) is 23.3 Å². The monoisotopic (exact) mass is 814 g/mol. The number of pyridine rings is 2. The first kappa shape index (κ1) is 40.2. The number of carbonyl (C=O) groups is 1. The van der Waals surface area contributed by atoms with E-state index in [2.05, 4.69) is 50.1 Å². The normalized spacial score (nSPS) is 11.1. The second-order valence-corrected chi connectivity index (χ2v) is 13.8. The van der Waals surface area contributed by atoms with Gasteiger partial charge >= 0.3 is 6.16 Å². The molecule has 0 bridgehead atoms. The van der Waals surface area contributed by atoms with Crippen LogP contribution in [0.25, 0.3) is 22.9 Å². The number of benzene rings is 2.